The highest BCUT2D eigenvalue weighted by Crippen LogP contribution is 2.34. The minimum atomic E-state index is -4.55. The van der Waals surface area contributed by atoms with Crippen molar-refractivity contribution in [1.82, 2.24) is 20.2 Å². The summed E-state index contributed by atoms with van der Waals surface area (Å²) < 4.78 is 49.9. The summed E-state index contributed by atoms with van der Waals surface area (Å²) in [6.45, 7) is 4.23. The first-order chi connectivity index (χ1) is 20.7. The quantitative estimate of drug-likeness (QED) is 0.157. The van der Waals surface area contributed by atoms with Gasteiger partial charge in [-0.05, 0) is 42.8 Å². The van der Waals surface area contributed by atoms with Crippen molar-refractivity contribution < 1.29 is 27.4 Å². The average Bonchev–Trinajstić information content (AvgIpc) is 3.46. The zero-order chi connectivity index (χ0) is 30.6. The second kappa shape index (κ2) is 12.2. The Morgan fingerprint density at radius 1 is 1.02 bits per heavy atom. The van der Waals surface area contributed by atoms with Crippen LogP contribution >= 0.6 is 0 Å². The lowest BCUT2D eigenvalue weighted by atomic mass is 10.0. The summed E-state index contributed by atoms with van der Waals surface area (Å²) in [5, 5.41) is 14.2. The van der Waals surface area contributed by atoms with Crippen LogP contribution in [0.3, 0.4) is 0 Å². The molecule has 2 aromatic carbocycles. The van der Waals surface area contributed by atoms with Crippen LogP contribution < -0.4 is 20.1 Å². The summed E-state index contributed by atoms with van der Waals surface area (Å²) in [7, 11) is 3.18. The Bertz CT molecular complexity index is 1780. The number of benzene rings is 2. The van der Waals surface area contributed by atoms with Gasteiger partial charge in [0.15, 0.2) is 0 Å². The van der Waals surface area contributed by atoms with E-state index in [4.69, 9.17) is 9.47 Å². The number of ether oxygens (including phenoxy) is 2. The normalized spacial score (nSPS) is 11.3. The summed E-state index contributed by atoms with van der Waals surface area (Å²) in [5.74, 6) is 1.12. The highest BCUT2D eigenvalue weighted by Gasteiger charge is 2.31. The van der Waals surface area contributed by atoms with E-state index in [-0.39, 0.29) is 11.4 Å². The number of hydrogen-bond acceptors (Lipinski definition) is 7. The molecular formula is C31H27F3N6O3. The maximum absolute atomic E-state index is 13.0. The van der Waals surface area contributed by atoms with E-state index >= 15 is 0 Å². The van der Waals surface area contributed by atoms with Gasteiger partial charge in [0.2, 0.25) is 0 Å². The minimum Gasteiger partial charge on any atom is -0.497 e. The molecule has 0 spiro atoms. The van der Waals surface area contributed by atoms with Crippen LogP contribution in [0, 0.1) is 0 Å². The lowest BCUT2D eigenvalue weighted by Gasteiger charge is -2.13. The van der Waals surface area contributed by atoms with Crippen molar-refractivity contribution in [3.63, 3.8) is 0 Å². The third kappa shape index (κ3) is 6.27. The predicted molar refractivity (Wildman–Crippen MR) is 157 cm³/mol. The van der Waals surface area contributed by atoms with Gasteiger partial charge in [0.1, 0.15) is 28.7 Å². The Balaban J connectivity index is 1.43. The Morgan fingerprint density at radius 2 is 1.81 bits per heavy atom. The summed E-state index contributed by atoms with van der Waals surface area (Å²) in [5.41, 5.74) is 3.21. The summed E-state index contributed by atoms with van der Waals surface area (Å²) >= 11 is 0. The Morgan fingerprint density at radius 3 is 2.51 bits per heavy atom. The highest BCUT2D eigenvalue weighted by atomic mass is 19.4. The number of anilines is 2. The van der Waals surface area contributed by atoms with Crippen LogP contribution in [0.5, 0.6) is 11.5 Å². The number of fused-ring (bicyclic) bond motifs is 1. The molecule has 0 aliphatic rings. The van der Waals surface area contributed by atoms with E-state index in [1.807, 2.05) is 12.1 Å². The minimum absolute atomic E-state index is 0.200. The molecule has 3 aromatic heterocycles. The van der Waals surface area contributed by atoms with Crippen LogP contribution in [-0.2, 0) is 19.1 Å². The van der Waals surface area contributed by atoms with Crippen LogP contribution in [0.2, 0.25) is 0 Å². The van der Waals surface area contributed by atoms with Crippen LogP contribution in [0.1, 0.15) is 27.0 Å². The van der Waals surface area contributed by atoms with Gasteiger partial charge in [-0.25, -0.2) is 9.97 Å². The molecule has 3 heterocycles. The molecule has 0 saturated heterocycles. The first-order valence-electron chi connectivity index (χ1n) is 13.1. The highest BCUT2D eigenvalue weighted by molar-refractivity contribution is 6.05. The van der Waals surface area contributed by atoms with E-state index in [1.165, 1.54) is 0 Å². The number of nitrogens with zero attached hydrogens (tertiary/aromatic N) is 3. The van der Waals surface area contributed by atoms with E-state index in [9.17, 15) is 18.0 Å². The van der Waals surface area contributed by atoms with Crippen molar-refractivity contribution in [1.29, 1.82) is 0 Å². The van der Waals surface area contributed by atoms with Gasteiger partial charge in [0, 0.05) is 47.3 Å². The fraction of sp³-hybridized carbons (Fsp3) is 0.161. The van der Waals surface area contributed by atoms with Gasteiger partial charge >= 0.3 is 6.18 Å². The summed E-state index contributed by atoms with van der Waals surface area (Å²) in [6, 6.07) is 13.8. The van der Waals surface area contributed by atoms with Gasteiger partial charge in [-0.2, -0.15) is 18.3 Å². The van der Waals surface area contributed by atoms with E-state index < -0.39 is 17.6 Å². The number of aromatic amines is 1. The van der Waals surface area contributed by atoms with Crippen LogP contribution in [0.15, 0.2) is 79.6 Å². The number of H-pyrrole nitrogens is 1. The number of methoxy groups -OCH3 is 2. The molecule has 9 nitrogen and oxygen atoms in total. The smallest absolute Gasteiger partial charge is 0.416 e. The first kappa shape index (κ1) is 29.1. The third-order valence-corrected chi connectivity index (χ3v) is 6.73. The molecule has 0 aliphatic carbocycles. The fourth-order valence-electron chi connectivity index (χ4n) is 4.55. The van der Waals surface area contributed by atoms with Gasteiger partial charge in [-0.1, -0.05) is 18.2 Å². The molecule has 12 heteroatoms. The van der Waals surface area contributed by atoms with Gasteiger partial charge in [0.25, 0.3) is 5.91 Å². The lowest BCUT2D eigenvalue weighted by Crippen LogP contribution is -2.14. The van der Waals surface area contributed by atoms with Crippen molar-refractivity contribution in [2.24, 2.45) is 0 Å². The molecule has 1 amide bonds. The van der Waals surface area contributed by atoms with E-state index in [2.05, 4.69) is 37.4 Å². The molecule has 0 unspecified atom stereocenters. The molecule has 0 atom stereocenters. The number of carbonyl (C=O) groups excluding carboxylic acids is 1. The average molecular weight is 589 g/mol. The summed E-state index contributed by atoms with van der Waals surface area (Å²) in [6.07, 6.45) is 0.523. The van der Waals surface area contributed by atoms with Gasteiger partial charge in [-0.3, -0.25) is 9.89 Å². The van der Waals surface area contributed by atoms with Crippen molar-refractivity contribution >= 4 is 28.4 Å². The predicted octanol–water partition coefficient (Wildman–Crippen LogP) is 6.65. The van der Waals surface area contributed by atoms with Gasteiger partial charge < -0.3 is 20.1 Å². The van der Waals surface area contributed by atoms with E-state index in [0.29, 0.717) is 41.5 Å². The summed E-state index contributed by atoms with van der Waals surface area (Å²) in [4.78, 5) is 21.3. The molecule has 5 aromatic rings. The van der Waals surface area contributed by atoms with Gasteiger partial charge in [-0.15, -0.1) is 6.58 Å². The number of nitrogens with one attached hydrogen (secondary N) is 3. The zero-order valence-electron chi connectivity index (χ0n) is 23.2. The second-order valence-corrected chi connectivity index (χ2v) is 9.44. The Labute approximate surface area is 244 Å². The molecule has 43 heavy (non-hydrogen) atoms. The molecule has 220 valence electrons. The number of alkyl halides is 3. The zero-order valence-corrected chi connectivity index (χ0v) is 23.2. The van der Waals surface area contributed by atoms with Crippen LogP contribution in [0.4, 0.5) is 24.8 Å². The largest absolute Gasteiger partial charge is 0.497 e. The van der Waals surface area contributed by atoms with E-state index in [0.717, 1.165) is 40.4 Å². The van der Waals surface area contributed by atoms with Crippen LogP contribution in [-0.4, -0.2) is 40.3 Å². The molecule has 0 aliphatic heterocycles. The first-order valence-corrected chi connectivity index (χ1v) is 13.1. The number of aromatic nitrogens is 4. The maximum atomic E-state index is 13.0. The Kier molecular flexibility index (Phi) is 8.28. The van der Waals surface area contributed by atoms with Crippen molar-refractivity contribution in [2.45, 2.75) is 19.1 Å². The standard InChI is InChI=1S/C31H27F3N6O3/c1-4-5-21-17-37-29(36-16-20-10-11-23(42-2)15-24(20)43-3)26-27(39-40-28(21)26)18-6-8-19(9-7-18)30(41)38-25-14-22(12-13-35-25)31(32,33)34/h4,6-15,17H,1,5,16H2,2-3H3,(H,36,37)(H,39,40)(H,35,38,41). The van der Waals surface area contributed by atoms with Crippen molar-refractivity contribution in [2.75, 3.05) is 24.9 Å². The third-order valence-electron chi connectivity index (χ3n) is 6.73. The van der Waals surface area contributed by atoms with Crippen molar-refractivity contribution in [3.8, 4) is 22.8 Å². The number of amides is 1. The molecular weight excluding hydrogens is 561 g/mol. The van der Waals surface area contributed by atoms with E-state index in [1.54, 1.807) is 56.8 Å². The lowest BCUT2D eigenvalue weighted by molar-refractivity contribution is -0.137. The Hall–Kier alpha value is -5.39. The number of pyridine rings is 2. The molecule has 0 fully saturated rings. The van der Waals surface area contributed by atoms with Crippen molar-refractivity contribution in [3.05, 3.63) is 102 Å². The molecule has 3 N–H and O–H groups in total. The molecule has 0 saturated carbocycles. The van der Waals surface area contributed by atoms with Gasteiger partial charge in [0.05, 0.1) is 30.9 Å². The number of hydrogen-bond donors (Lipinski definition) is 3. The number of halogens is 3. The molecule has 0 bridgehead atoms. The molecule has 5 rings (SSSR count). The van der Waals surface area contributed by atoms with Crippen LogP contribution in [0.25, 0.3) is 22.2 Å². The number of carbonyl (C=O) groups is 1. The molecule has 0 radical (unpaired) electrons. The maximum Gasteiger partial charge on any atom is 0.416 e. The fourth-order valence-corrected chi connectivity index (χ4v) is 4.55. The SMILES string of the molecule is C=CCc1cnc(NCc2ccc(OC)cc2OC)c2c(-c3ccc(C(=O)Nc4cc(C(F)(F)F)ccn4)cc3)[nH]nc12. The number of rotatable bonds is 10. The topological polar surface area (TPSA) is 114 Å². The number of allylic oxidation sites excluding steroid dienone is 1. The monoisotopic (exact) mass is 588 g/mol. The second-order valence-electron chi connectivity index (χ2n) is 9.44.